The Hall–Kier alpha value is -3.11. The molecule has 1 amide bonds. The van der Waals surface area contributed by atoms with Crippen LogP contribution in [-0.2, 0) is 33.4 Å². The van der Waals surface area contributed by atoms with Gasteiger partial charge in [-0.15, -0.1) is 0 Å². The molecule has 1 fully saturated rings. The van der Waals surface area contributed by atoms with Gasteiger partial charge in [0, 0.05) is 19.7 Å². The normalized spacial score (nSPS) is 13.7. The molecular weight excluding hydrogens is 464 g/mol. The molecule has 1 aromatic heterocycles. The molecule has 1 aliphatic rings. The third-order valence-electron chi connectivity index (χ3n) is 5.65. The molecule has 1 aliphatic carbocycles. The highest BCUT2D eigenvalue weighted by atomic mass is 32.2. The molecule has 0 aliphatic heterocycles. The van der Waals surface area contributed by atoms with Gasteiger partial charge in [0.1, 0.15) is 11.6 Å². The van der Waals surface area contributed by atoms with Crippen molar-refractivity contribution in [3.63, 3.8) is 0 Å². The summed E-state index contributed by atoms with van der Waals surface area (Å²) in [5, 5.41) is -0.155. The van der Waals surface area contributed by atoms with Gasteiger partial charge in [0.05, 0.1) is 36.4 Å². The van der Waals surface area contributed by atoms with Gasteiger partial charge in [0.15, 0.2) is 0 Å². The van der Waals surface area contributed by atoms with Crippen molar-refractivity contribution in [3.8, 4) is 0 Å². The van der Waals surface area contributed by atoms with E-state index < -0.39 is 27.4 Å². The lowest BCUT2D eigenvalue weighted by atomic mass is 10.1. The molecule has 7 nitrogen and oxygen atoms in total. The average Bonchev–Trinajstić information content (AvgIpc) is 3.57. The predicted molar refractivity (Wildman–Crippen MR) is 121 cm³/mol. The molecule has 0 spiro atoms. The number of nitrogens with zero attached hydrogens (tertiary/aromatic N) is 3. The van der Waals surface area contributed by atoms with E-state index in [9.17, 15) is 22.0 Å². The van der Waals surface area contributed by atoms with Crippen LogP contribution in [-0.4, -0.2) is 48.5 Å². The fraction of sp³-hybridized carbons (Fsp3) is 0.333. The van der Waals surface area contributed by atoms with E-state index in [2.05, 4.69) is 4.98 Å². The van der Waals surface area contributed by atoms with Gasteiger partial charge in [-0.2, -0.15) is 0 Å². The topological polar surface area (TPSA) is 81.5 Å². The number of amides is 1. The van der Waals surface area contributed by atoms with Crippen molar-refractivity contribution >= 4 is 15.7 Å². The van der Waals surface area contributed by atoms with Crippen LogP contribution in [0.1, 0.15) is 34.5 Å². The zero-order chi connectivity index (χ0) is 24.3. The van der Waals surface area contributed by atoms with Crippen LogP contribution >= 0.6 is 0 Å². The Bertz CT molecular complexity index is 1270. The summed E-state index contributed by atoms with van der Waals surface area (Å²) in [6.07, 6.45) is 3.02. The number of rotatable bonds is 10. The molecule has 4 rings (SSSR count). The average molecular weight is 490 g/mol. The summed E-state index contributed by atoms with van der Waals surface area (Å²) in [7, 11) is -2.37. The Morgan fingerprint density at radius 2 is 1.85 bits per heavy atom. The largest absolute Gasteiger partial charge is 0.383 e. The van der Waals surface area contributed by atoms with E-state index in [1.165, 1.54) is 60.3 Å². The van der Waals surface area contributed by atoms with Crippen molar-refractivity contribution in [2.45, 2.75) is 42.9 Å². The Labute approximate surface area is 196 Å². The SMILES string of the molecule is COCCn1c(CN(C(=O)c2ccccc2F)C2CC2)cnc1S(=O)(=O)Cc1ccc(F)cc1. The smallest absolute Gasteiger partial charge is 0.257 e. The van der Waals surface area contributed by atoms with Crippen LogP contribution in [0, 0.1) is 11.6 Å². The number of ether oxygens (including phenoxy) is 1. The summed E-state index contributed by atoms with van der Waals surface area (Å²) in [4.78, 5) is 18.9. The zero-order valence-corrected chi connectivity index (χ0v) is 19.5. The van der Waals surface area contributed by atoms with Crippen LogP contribution in [0.3, 0.4) is 0 Å². The minimum absolute atomic E-state index is 0.0264. The minimum Gasteiger partial charge on any atom is -0.383 e. The van der Waals surface area contributed by atoms with Crippen LogP contribution < -0.4 is 0 Å². The van der Waals surface area contributed by atoms with E-state index in [-0.39, 0.29) is 42.2 Å². The lowest BCUT2D eigenvalue weighted by Crippen LogP contribution is -2.34. The number of carbonyl (C=O) groups is 1. The molecule has 3 aromatic rings. The lowest BCUT2D eigenvalue weighted by molar-refractivity contribution is 0.0719. The van der Waals surface area contributed by atoms with Crippen molar-refractivity contribution in [1.29, 1.82) is 0 Å². The fourth-order valence-electron chi connectivity index (χ4n) is 3.77. The predicted octanol–water partition coefficient (Wildman–Crippen LogP) is 3.59. The number of aromatic nitrogens is 2. The van der Waals surface area contributed by atoms with Gasteiger partial charge in [0.25, 0.3) is 5.91 Å². The second-order valence-electron chi connectivity index (χ2n) is 8.21. The number of benzene rings is 2. The highest BCUT2D eigenvalue weighted by molar-refractivity contribution is 7.90. The summed E-state index contributed by atoms with van der Waals surface area (Å²) < 4.78 is 60.5. The van der Waals surface area contributed by atoms with Gasteiger partial charge in [-0.25, -0.2) is 22.2 Å². The summed E-state index contributed by atoms with van der Waals surface area (Å²) in [6, 6.07) is 11.0. The van der Waals surface area contributed by atoms with Crippen LogP contribution in [0.4, 0.5) is 8.78 Å². The van der Waals surface area contributed by atoms with Crippen LogP contribution in [0.15, 0.2) is 59.9 Å². The molecule has 0 atom stereocenters. The first kappa shape index (κ1) is 24.0. The third-order valence-corrected chi connectivity index (χ3v) is 7.25. The molecular formula is C24H25F2N3O4S. The quantitative estimate of drug-likeness (QED) is 0.435. The standard InChI is InChI=1S/C24H25F2N3O4S/c1-33-13-12-28-20(14-27-24(28)34(31,32)16-17-6-8-18(25)9-7-17)15-29(19-10-11-19)23(30)21-4-2-3-5-22(21)26/h2-9,14,19H,10-13,15-16H2,1H3. The van der Waals surface area contributed by atoms with E-state index in [4.69, 9.17) is 4.74 Å². The van der Waals surface area contributed by atoms with E-state index in [1.54, 1.807) is 11.0 Å². The van der Waals surface area contributed by atoms with E-state index in [0.717, 1.165) is 12.8 Å². The molecule has 0 bridgehead atoms. The second-order valence-corrected chi connectivity index (χ2v) is 10.1. The molecule has 34 heavy (non-hydrogen) atoms. The Morgan fingerprint density at radius 1 is 1.15 bits per heavy atom. The van der Waals surface area contributed by atoms with Gasteiger partial charge >= 0.3 is 0 Å². The Balaban J connectivity index is 1.64. The highest BCUT2D eigenvalue weighted by Gasteiger charge is 2.35. The highest BCUT2D eigenvalue weighted by Crippen LogP contribution is 2.31. The number of sulfone groups is 1. The summed E-state index contributed by atoms with van der Waals surface area (Å²) in [5.74, 6) is -1.86. The zero-order valence-electron chi connectivity index (χ0n) is 18.7. The number of halogens is 2. The van der Waals surface area contributed by atoms with Gasteiger partial charge in [-0.05, 0) is 42.7 Å². The maximum absolute atomic E-state index is 14.3. The second kappa shape index (κ2) is 10.0. The first-order chi connectivity index (χ1) is 16.3. The molecule has 0 saturated heterocycles. The van der Waals surface area contributed by atoms with Gasteiger partial charge in [0.2, 0.25) is 15.0 Å². The van der Waals surface area contributed by atoms with Crippen molar-refractivity contribution < 1.29 is 26.7 Å². The molecule has 0 N–H and O–H groups in total. The van der Waals surface area contributed by atoms with Crippen molar-refractivity contribution in [2.24, 2.45) is 0 Å². The van der Waals surface area contributed by atoms with Gasteiger partial charge in [-0.3, -0.25) is 4.79 Å². The lowest BCUT2D eigenvalue weighted by Gasteiger charge is -2.23. The number of methoxy groups -OCH3 is 1. The number of imidazole rings is 1. The monoisotopic (exact) mass is 489 g/mol. The Kier molecular flexibility index (Phi) is 7.08. The van der Waals surface area contributed by atoms with Crippen LogP contribution in [0.5, 0.6) is 0 Å². The van der Waals surface area contributed by atoms with E-state index in [1.807, 2.05) is 0 Å². The number of carbonyl (C=O) groups excluding carboxylic acids is 1. The van der Waals surface area contributed by atoms with E-state index >= 15 is 0 Å². The van der Waals surface area contributed by atoms with Crippen molar-refractivity contribution in [2.75, 3.05) is 13.7 Å². The maximum atomic E-state index is 14.3. The molecule has 180 valence electrons. The molecule has 0 unspecified atom stereocenters. The maximum Gasteiger partial charge on any atom is 0.257 e. The van der Waals surface area contributed by atoms with Gasteiger partial charge in [-0.1, -0.05) is 24.3 Å². The third kappa shape index (κ3) is 5.34. The summed E-state index contributed by atoms with van der Waals surface area (Å²) in [6.45, 7) is 0.518. The van der Waals surface area contributed by atoms with E-state index in [0.29, 0.717) is 11.3 Å². The Morgan fingerprint density at radius 3 is 2.50 bits per heavy atom. The fourth-order valence-corrected chi connectivity index (χ4v) is 5.29. The molecule has 1 heterocycles. The van der Waals surface area contributed by atoms with Crippen molar-refractivity contribution in [1.82, 2.24) is 14.5 Å². The summed E-state index contributed by atoms with van der Waals surface area (Å²) in [5.41, 5.74) is 0.909. The minimum atomic E-state index is -3.88. The van der Waals surface area contributed by atoms with Crippen LogP contribution in [0.25, 0.3) is 0 Å². The van der Waals surface area contributed by atoms with Crippen LogP contribution in [0.2, 0.25) is 0 Å². The summed E-state index contributed by atoms with van der Waals surface area (Å²) >= 11 is 0. The molecule has 1 saturated carbocycles. The molecule has 2 aromatic carbocycles. The number of hydrogen-bond donors (Lipinski definition) is 0. The number of hydrogen-bond acceptors (Lipinski definition) is 5. The van der Waals surface area contributed by atoms with Gasteiger partial charge < -0.3 is 14.2 Å². The first-order valence-electron chi connectivity index (χ1n) is 10.9. The molecule has 0 radical (unpaired) electrons. The molecule has 10 heteroatoms. The van der Waals surface area contributed by atoms with Crippen molar-refractivity contribution in [3.05, 3.63) is 83.2 Å². The first-order valence-corrected chi connectivity index (χ1v) is 12.5.